The molecule has 3 rings (SSSR count). The van der Waals surface area contributed by atoms with Crippen molar-refractivity contribution in [2.75, 3.05) is 20.1 Å². The van der Waals surface area contributed by atoms with E-state index in [4.69, 9.17) is 0 Å². The number of nitrogens with one attached hydrogen (secondary N) is 2. The van der Waals surface area contributed by atoms with Crippen molar-refractivity contribution in [3.63, 3.8) is 0 Å². The number of aryl methyl sites for hydroxylation is 1. The van der Waals surface area contributed by atoms with Crippen LogP contribution in [0, 0.1) is 0 Å². The minimum absolute atomic E-state index is 0.0393. The quantitative estimate of drug-likeness (QED) is 0.842. The number of aromatic nitrogens is 2. The number of benzene rings is 1. The first-order valence-corrected chi connectivity index (χ1v) is 8.09. The normalized spacial score (nSPS) is 17.8. The maximum Gasteiger partial charge on any atom is 0.223 e. The van der Waals surface area contributed by atoms with Gasteiger partial charge in [-0.25, -0.2) is 4.98 Å². The van der Waals surface area contributed by atoms with Crippen LogP contribution in [0.3, 0.4) is 0 Å². The molecule has 1 aromatic carbocycles. The maximum absolute atomic E-state index is 12.5. The van der Waals surface area contributed by atoms with Crippen LogP contribution in [0.15, 0.2) is 24.3 Å². The van der Waals surface area contributed by atoms with E-state index in [9.17, 15) is 9.59 Å². The fraction of sp³-hybridized carbons (Fsp3) is 0.471. The highest BCUT2D eigenvalue weighted by Gasteiger charge is 2.32. The Morgan fingerprint density at radius 1 is 1.39 bits per heavy atom. The van der Waals surface area contributed by atoms with Crippen molar-refractivity contribution in [2.24, 2.45) is 0 Å². The van der Waals surface area contributed by atoms with E-state index in [1.165, 1.54) is 0 Å². The van der Waals surface area contributed by atoms with Crippen LogP contribution in [0.5, 0.6) is 0 Å². The number of imidazole rings is 1. The second-order valence-electron chi connectivity index (χ2n) is 5.94. The summed E-state index contributed by atoms with van der Waals surface area (Å²) in [7, 11) is 1.75. The maximum atomic E-state index is 12.5. The largest absolute Gasteiger partial charge is 0.342 e. The van der Waals surface area contributed by atoms with Crippen molar-refractivity contribution in [3.05, 3.63) is 30.1 Å². The molecular weight excluding hydrogens is 292 g/mol. The molecule has 1 amide bonds. The molecule has 1 saturated heterocycles. The molecule has 0 saturated carbocycles. The lowest BCUT2D eigenvalue weighted by Gasteiger charge is -2.23. The van der Waals surface area contributed by atoms with Crippen LogP contribution in [0.25, 0.3) is 11.0 Å². The van der Waals surface area contributed by atoms with Gasteiger partial charge in [-0.1, -0.05) is 12.1 Å². The average molecular weight is 314 g/mol. The third-order valence-electron chi connectivity index (χ3n) is 4.31. The SMILES string of the molecule is CNCC(=O)[C@@H]1CCCN1C(=O)CCc1nc2ccccc2[nH]1. The molecule has 1 aromatic heterocycles. The van der Waals surface area contributed by atoms with Gasteiger partial charge in [0.2, 0.25) is 5.91 Å². The number of rotatable bonds is 6. The number of aromatic amines is 1. The third-order valence-corrected chi connectivity index (χ3v) is 4.31. The van der Waals surface area contributed by atoms with Crippen LogP contribution in [-0.2, 0) is 16.0 Å². The number of carbonyl (C=O) groups excluding carboxylic acids is 2. The third kappa shape index (κ3) is 3.42. The number of Topliss-reactive ketones (excluding diaryl/α,β-unsaturated/α-hetero) is 1. The Kier molecular flexibility index (Phi) is 4.71. The first-order chi connectivity index (χ1) is 11.2. The topological polar surface area (TPSA) is 78.1 Å². The molecule has 1 aliphatic heterocycles. The Labute approximate surface area is 135 Å². The van der Waals surface area contributed by atoms with Crippen molar-refractivity contribution >= 4 is 22.7 Å². The highest BCUT2D eigenvalue weighted by molar-refractivity contribution is 5.91. The fourth-order valence-electron chi connectivity index (χ4n) is 3.18. The fourth-order valence-corrected chi connectivity index (χ4v) is 3.18. The standard InChI is InChI=1S/C17H22N4O2/c1-18-11-15(22)14-7-4-10-21(14)17(23)9-8-16-19-12-5-2-3-6-13(12)20-16/h2-3,5-6,14,18H,4,7-11H2,1H3,(H,19,20)/t14-/m0/s1. The molecule has 0 unspecified atom stereocenters. The van der Waals surface area contributed by atoms with E-state index in [1.54, 1.807) is 11.9 Å². The molecule has 1 fully saturated rings. The summed E-state index contributed by atoms with van der Waals surface area (Å²) in [5.41, 5.74) is 1.90. The van der Waals surface area contributed by atoms with Gasteiger partial charge in [0.25, 0.3) is 0 Å². The number of H-pyrrole nitrogens is 1. The van der Waals surface area contributed by atoms with Crippen molar-refractivity contribution in [1.29, 1.82) is 0 Å². The second kappa shape index (κ2) is 6.91. The average Bonchev–Trinajstić information content (AvgIpc) is 3.19. The summed E-state index contributed by atoms with van der Waals surface area (Å²) in [6.45, 7) is 0.997. The summed E-state index contributed by atoms with van der Waals surface area (Å²) >= 11 is 0. The molecule has 0 radical (unpaired) electrons. The molecule has 0 bridgehead atoms. The second-order valence-corrected chi connectivity index (χ2v) is 5.94. The predicted molar refractivity (Wildman–Crippen MR) is 88.1 cm³/mol. The molecule has 2 aromatic rings. The van der Waals surface area contributed by atoms with Crippen molar-refractivity contribution in [2.45, 2.75) is 31.7 Å². The molecule has 122 valence electrons. The van der Waals surface area contributed by atoms with E-state index in [-0.39, 0.29) is 17.7 Å². The number of amides is 1. The Morgan fingerprint density at radius 3 is 3.00 bits per heavy atom. The Balaban J connectivity index is 1.61. The number of likely N-dealkylation sites (N-methyl/N-ethyl adjacent to an activating group) is 1. The molecule has 1 atom stereocenters. The van der Waals surface area contributed by atoms with Gasteiger partial charge in [-0.15, -0.1) is 0 Å². The molecule has 2 N–H and O–H groups in total. The number of hydrogen-bond donors (Lipinski definition) is 2. The molecule has 2 heterocycles. The number of para-hydroxylation sites is 2. The van der Waals surface area contributed by atoms with Gasteiger partial charge >= 0.3 is 0 Å². The number of nitrogens with zero attached hydrogens (tertiary/aromatic N) is 2. The molecule has 1 aliphatic rings. The van der Waals surface area contributed by atoms with Crippen LogP contribution in [0.1, 0.15) is 25.1 Å². The number of hydrogen-bond acceptors (Lipinski definition) is 4. The van der Waals surface area contributed by atoms with Crippen molar-refractivity contribution < 1.29 is 9.59 Å². The Bertz CT molecular complexity index is 676. The van der Waals surface area contributed by atoms with Gasteiger partial charge in [0, 0.05) is 19.4 Å². The van der Waals surface area contributed by atoms with Gasteiger partial charge in [0.15, 0.2) is 5.78 Å². The minimum Gasteiger partial charge on any atom is -0.342 e. The zero-order chi connectivity index (χ0) is 16.2. The number of carbonyl (C=O) groups is 2. The highest BCUT2D eigenvalue weighted by Crippen LogP contribution is 2.20. The van der Waals surface area contributed by atoms with Crippen LogP contribution >= 0.6 is 0 Å². The van der Waals surface area contributed by atoms with E-state index in [0.717, 1.165) is 29.7 Å². The predicted octanol–water partition coefficient (Wildman–Crippen LogP) is 1.27. The molecule has 6 nitrogen and oxygen atoms in total. The van der Waals surface area contributed by atoms with Gasteiger partial charge in [-0.05, 0) is 32.0 Å². The molecule has 0 aliphatic carbocycles. The highest BCUT2D eigenvalue weighted by atomic mass is 16.2. The number of ketones is 1. The summed E-state index contributed by atoms with van der Waals surface area (Å²) in [5, 5.41) is 2.87. The summed E-state index contributed by atoms with van der Waals surface area (Å²) in [5.74, 6) is 0.955. The zero-order valence-corrected chi connectivity index (χ0v) is 13.3. The molecule has 0 spiro atoms. The summed E-state index contributed by atoms with van der Waals surface area (Å²) in [4.78, 5) is 34.0. The molecule has 23 heavy (non-hydrogen) atoms. The van der Waals surface area contributed by atoms with Crippen LogP contribution < -0.4 is 5.32 Å². The molecule has 6 heteroatoms. The minimum atomic E-state index is -0.259. The lowest BCUT2D eigenvalue weighted by atomic mass is 10.1. The monoisotopic (exact) mass is 314 g/mol. The van der Waals surface area contributed by atoms with Gasteiger partial charge < -0.3 is 15.2 Å². The zero-order valence-electron chi connectivity index (χ0n) is 13.3. The van der Waals surface area contributed by atoms with E-state index >= 15 is 0 Å². The lowest BCUT2D eigenvalue weighted by Crippen LogP contribution is -2.43. The number of fused-ring (bicyclic) bond motifs is 1. The Hall–Kier alpha value is -2.21. The number of likely N-dealkylation sites (tertiary alicyclic amines) is 1. The van der Waals surface area contributed by atoms with E-state index in [2.05, 4.69) is 15.3 Å². The van der Waals surface area contributed by atoms with Crippen LogP contribution in [0.4, 0.5) is 0 Å². The summed E-state index contributed by atoms with van der Waals surface area (Å²) < 4.78 is 0. The van der Waals surface area contributed by atoms with Crippen LogP contribution in [0.2, 0.25) is 0 Å². The lowest BCUT2D eigenvalue weighted by molar-refractivity contribution is -0.137. The first kappa shape index (κ1) is 15.7. The summed E-state index contributed by atoms with van der Waals surface area (Å²) in [6, 6.07) is 7.56. The Morgan fingerprint density at radius 2 is 2.22 bits per heavy atom. The van der Waals surface area contributed by atoms with Crippen molar-refractivity contribution in [1.82, 2.24) is 20.2 Å². The first-order valence-electron chi connectivity index (χ1n) is 8.09. The van der Waals surface area contributed by atoms with Gasteiger partial charge in [0.05, 0.1) is 23.6 Å². The van der Waals surface area contributed by atoms with Crippen LogP contribution in [-0.4, -0.2) is 52.7 Å². The molecular formula is C17H22N4O2. The van der Waals surface area contributed by atoms with Gasteiger partial charge in [-0.3, -0.25) is 9.59 Å². The summed E-state index contributed by atoms with van der Waals surface area (Å²) in [6.07, 6.45) is 2.62. The van der Waals surface area contributed by atoms with E-state index in [1.807, 2.05) is 24.3 Å². The van der Waals surface area contributed by atoms with Crippen molar-refractivity contribution in [3.8, 4) is 0 Å². The smallest absolute Gasteiger partial charge is 0.223 e. The van der Waals surface area contributed by atoms with Gasteiger partial charge in [-0.2, -0.15) is 0 Å². The van der Waals surface area contributed by atoms with E-state index < -0.39 is 0 Å². The van der Waals surface area contributed by atoms with E-state index in [0.29, 0.717) is 25.9 Å². The van der Waals surface area contributed by atoms with Gasteiger partial charge in [0.1, 0.15) is 5.82 Å².